The molecule has 1 atom stereocenters. The Hall–Kier alpha value is -1.66. The summed E-state index contributed by atoms with van der Waals surface area (Å²) in [6.07, 6.45) is 1.53. The van der Waals surface area contributed by atoms with Crippen LogP contribution in [0, 0.1) is 5.92 Å². The summed E-state index contributed by atoms with van der Waals surface area (Å²) >= 11 is 7.44. The van der Waals surface area contributed by atoms with Gasteiger partial charge in [0.15, 0.2) is 0 Å². The van der Waals surface area contributed by atoms with Crippen molar-refractivity contribution in [3.63, 3.8) is 0 Å². The molecule has 3 rings (SSSR count). The topological polar surface area (TPSA) is 72.1 Å². The molecule has 5 nitrogen and oxygen atoms in total. The van der Waals surface area contributed by atoms with Crippen LogP contribution in [-0.4, -0.2) is 29.2 Å². The highest BCUT2D eigenvalue weighted by molar-refractivity contribution is 7.15. The number of primary amides is 1. The Morgan fingerprint density at radius 2 is 2.14 bits per heavy atom. The fourth-order valence-corrected chi connectivity index (χ4v) is 3.42. The average molecular weight is 323 g/mol. The van der Waals surface area contributed by atoms with Crippen LogP contribution in [0.2, 0.25) is 5.02 Å². The number of amides is 1. The van der Waals surface area contributed by atoms with E-state index in [0.717, 1.165) is 40.1 Å². The predicted molar refractivity (Wildman–Crippen MR) is 83.7 cm³/mol. The third-order valence-electron chi connectivity index (χ3n) is 3.59. The summed E-state index contributed by atoms with van der Waals surface area (Å²) in [4.78, 5) is 13.3. The number of hydrogen-bond donors (Lipinski definition) is 1. The third-order valence-corrected chi connectivity index (χ3v) is 4.82. The molecule has 0 spiro atoms. The lowest BCUT2D eigenvalue weighted by atomic mass is 10.1. The standard InChI is InChI=1S/C14H15ClN4OS/c15-11-3-1-9(2-4-11)7-12-17-18-14(21-12)19-6-5-10(8-19)13(16)20/h1-4,10H,5-8H2,(H2,16,20). The first-order chi connectivity index (χ1) is 10.1. The van der Waals surface area contributed by atoms with Crippen LogP contribution in [-0.2, 0) is 11.2 Å². The molecule has 0 radical (unpaired) electrons. The van der Waals surface area contributed by atoms with Gasteiger partial charge in [0.05, 0.1) is 5.92 Å². The summed E-state index contributed by atoms with van der Waals surface area (Å²) in [5, 5.41) is 11.0. The van der Waals surface area contributed by atoms with Gasteiger partial charge in [-0.05, 0) is 24.1 Å². The zero-order valence-electron chi connectivity index (χ0n) is 11.3. The Balaban J connectivity index is 1.66. The third kappa shape index (κ3) is 3.33. The fourth-order valence-electron chi connectivity index (χ4n) is 2.39. The zero-order chi connectivity index (χ0) is 14.8. The van der Waals surface area contributed by atoms with E-state index < -0.39 is 0 Å². The molecular formula is C14H15ClN4OS. The molecule has 1 aromatic heterocycles. The summed E-state index contributed by atoms with van der Waals surface area (Å²) < 4.78 is 0. The fraction of sp³-hybridized carbons (Fsp3) is 0.357. The lowest BCUT2D eigenvalue weighted by Gasteiger charge is -2.12. The van der Waals surface area contributed by atoms with E-state index in [1.807, 2.05) is 24.3 Å². The van der Waals surface area contributed by atoms with Gasteiger partial charge < -0.3 is 10.6 Å². The van der Waals surface area contributed by atoms with Crippen molar-refractivity contribution in [1.29, 1.82) is 0 Å². The van der Waals surface area contributed by atoms with Crippen LogP contribution in [0.1, 0.15) is 17.0 Å². The van der Waals surface area contributed by atoms with E-state index in [1.165, 1.54) is 0 Å². The molecule has 1 aliphatic rings. The van der Waals surface area contributed by atoms with Crippen molar-refractivity contribution in [2.24, 2.45) is 11.7 Å². The minimum atomic E-state index is -0.233. The molecule has 1 aliphatic heterocycles. The molecule has 1 aromatic carbocycles. The lowest BCUT2D eigenvalue weighted by Crippen LogP contribution is -2.27. The van der Waals surface area contributed by atoms with Gasteiger partial charge in [-0.25, -0.2) is 0 Å². The van der Waals surface area contributed by atoms with Crippen LogP contribution in [0.15, 0.2) is 24.3 Å². The maximum absolute atomic E-state index is 11.2. The molecular weight excluding hydrogens is 308 g/mol. The smallest absolute Gasteiger partial charge is 0.222 e. The summed E-state index contributed by atoms with van der Waals surface area (Å²) in [5.74, 6) is -0.308. The van der Waals surface area contributed by atoms with E-state index in [-0.39, 0.29) is 11.8 Å². The van der Waals surface area contributed by atoms with E-state index in [2.05, 4.69) is 15.1 Å². The van der Waals surface area contributed by atoms with Crippen LogP contribution < -0.4 is 10.6 Å². The molecule has 1 saturated heterocycles. The number of carbonyl (C=O) groups excluding carboxylic acids is 1. The molecule has 0 saturated carbocycles. The summed E-state index contributed by atoms with van der Waals surface area (Å²) in [5.41, 5.74) is 6.50. The van der Waals surface area contributed by atoms with Gasteiger partial charge in [0.2, 0.25) is 11.0 Å². The highest BCUT2D eigenvalue weighted by Crippen LogP contribution is 2.27. The van der Waals surface area contributed by atoms with Gasteiger partial charge in [-0.1, -0.05) is 35.1 Å². The second-order valence-electron chi connectivity index (χ2n) is 5.12. The first-order valence-corrected chi connectivity index (χ1v) is 7.92. The summed E-state index contributed by atoms with van der Waals surface area (Å²) in [6, 6.07) is 7.72. The molecule has 1 fully saturated rings. The number of nitrogens with two attached hydrogens (primary N) is 1. The van der Waals surface area contributed by atoms with Crippen molar-refractivity contribution in [3.05, 3.63) is 39.9 Å². The van der Waals surface area contributed by atoms with Gasteiger partial charge in [-0.2, -0.15) is 0 Å². The normalized spacial score (nSPS) is 18.1. The van der Waals surface area contributed by atoms with Crippen molar-refractivity contribution in [2.45, 2.75) is 12.8 Å². The minimum absolute atomic E-state index is 0.0754. The Bertz CT molecular complexity index is 643. The van der Waals surface area contributed by atoms with Crippen LogP contribution in [0.4, 0.5) is 5.13 Å². The quantitative estimate of drug-likeness (QED) is 0.935. The predicted octanol–water partition coefficient (Wildman–Crippen LogP) is 2.09. The first-order valence-electron chi connectivity index (χ1n) is 6.73. The van der Waals surface area contributed by atoms with Crippen LogP contribution in [0.25, 0.3) is 0 Å². The second kappa shape index (κ2) is 5.99. The van der Waals surface area contributed by atoms with E-state index in [1.54, 1.807) is 11.3 Å². The molecule has 2 aromatic rings. The maximum atomic E-state index is 11.2. The zero-order valence-corrected chi connectivity index (χ0v) is 12.9. The number of nitrogens with zero attached hydrogens (tertiary/aromatic N) is 3. The van der Waals surface area contributed by atoms with E-state index in [9.17, 15) is 4.79 Å². The number of anilines is 1. The SMILES string of the molecule is NC(=O)C1CCN(c2nnc(Cc3ccc(Cl)cc3)s2)C1. The number of halogens is 1. The molecule has 7 heteroatoms. The molecule has 0 bridgehead atoms. The van der Waals surface area contributed by atoms with Crippen molar-refractivity contribution in [2.75, 3.05) is 18.0 Å². The van der Waals surface area contributed by atoms with Crippen LogP contribution >= 0.6 is 22.9 Å². The van der Waals surface area contributed by atoms with E-state index in [0.29, 0.717) is 6.54 Å². The highest BCUT2D eigenvalue weighted by atomic mass is 35.5. The summed E-state index contributed by atoms with van der Waals surface area (Å²) in [7, 11) is 0. The van der Waals surface area contributed by atoms with Gasteiger partial charge in [0.25, 0.3) is 0 Å². The molecule has 21 heavy (non-hydrogen) atoms. The lowest BCUT2D eigenvalue weighted by molar-refractivity contribution is -0.121. The number of rotatable bonds is 4. The molecule has 1 amide bonds. The second-order valence-corrected chi connectivity index (χ2v) is 6.59. The monoisotopic (exact) mass is 322 g/mol. The van der Waals surface area contributed by atoms with Crippen LogP contribution in [0.5, 0.6) is 0 Å². The number of carbonyl (C=O) groups is 1. The first kappa shape index (κ1) is 14.3. The largest absolute Gasteiger partial charge is 0.369 e. The number of hydrogen-bond acceptors (Lipinski definition) is 5. The Morgan fingerprint density at radius 1 is 1.38 bits per heavy atom. The number of aromatic nitrogens is 2. The van der Waals surface area contributed by atoms with Gasteiger partial charge in [0, 0.05) is 24.5 Å². The van der Waals surface area contributed by atoms with Crippen molar-refractivity contribution >= 4 is 34.0 Å². The molecule has 1 unspecified atom stereocenters. The van der Waals surface area contributed by atoms with E-state index >= 15 is 0 Å². The molecule has 110 valence electrons. The van der Waals surface area contributed by atoms with Gasteiger partial charge in [-0.15, -0.1) is 10.2 Å². The van der Waals surface area contributed by atoms with Gasteiger partial charge in [-0.3, -0.25) is 4.79 Å². The Morgan fingerprint density at radius 3 is 2.81 bits per heavy atom. The van der Waals surface area contributed by atoms with Crippen molar-refractivity contribution in [3.8, 4) is 0 Å². The Labute approximate surface area is 131 Å². The van der Waals surface area contributed by atoms with E-state index in [4.69, 9.17) is 17.3 Å². The number of benzene rings is 1. The molecule has 2 heterocycles. The van der Waals surface area contributed by atoms with Gasteiger partial charge in [0.1, 0.15) is 5.01 Å². The summed E-state index contributed by atoms with van der Waals surface area (Å²) in [6.45, 7) is 1.45. The minimum Gasteiger partial charge on any atom is -0.369 e. The average Bonchev–Trinajstić information content (AvgIpc) is 3.10. The van der Waals surface area contributed by atoms with Crippen molar-refractivity contribution < 1.29 is 4.79 Å². The van der Waals surface area contributed by atoms with Crippen LogP contribution in [0.3, 0.4) is 0 Å². The molecule has 0 aliphatic carbocycles. The molecule has 2 N–H and O–H groups in total. The highest BCUT2D eigenvalue weighted by Gasteiger charge is 2.28. The maximum Gasteiger partial charge on any atom is 0.222 e. The van der Waals surface area contributed by atoms with Gasteiger partial charge >= 0.3 is 0 Å². The Kier molecular flexibility index (Phi) is 4.07. The van der Waals surface area contributed by atoms with Crippen molar-refractivity contribution in [1.82, 2.24) is 10.2 Å².